The Morgan fingerprint density at radius 2 is 1.93 bits per heavy atom. The smallest absolute Gasteiger partial charge is 0.348 e. The van der Waals surface area contributed by atoms with Crippen LogP contribution in [0.4, 0.5) is 0 Å². The van der Waals surface area contributed by atoms with Gasteiger partial charge in [0.15, 0.2) is 0 Å². The van der Waals surface area contributed by atoms with Gasteiger partial charge in [0.05, 0.1) is 13.2 Å². The highest BCUT2D eigenvalue weighted by Crippen LogP contribution is 2.29. The molecule has 0 aliphatic heterocycles. The van der Waals surface area contributed by atoms with Gasteiger partial charge >= 0.3 is 5.97 Å². The van der Waals surface area contributed by atoms with Crippen molar-refractivity contribution in [2.75, 3.05) is 7.11 Å². The number of nitrogens with zero attached hydrogens (tertiary/aromatic N) is 1. The fourth-order valence-corrected chi connectivity index (χ4v) is 3.93. The zero-order valence-corrected chi connectivity index (χ0v) is 16.7. The summed E-state index contributed by atoms with van der Waals surface area (Å²) >= 11 is 1.52. The Bertz CT molecular complexity index is 823. The van der Waals surface area contributed by atoms with Crippen molar-refractivity contribution < 1.29 is 9.53 Å². The Morgan fingerprint density at radius 3 is 2.56 bits per heavy atom. The highest BCUT2D eigenvalue weighted by molar-refractivity contribution is 7.13. The summed E-state index contributed by atoms with van der Waals surface area (Å²) in [4.78, 5) is 13.0. The number of methoxy groups -OCH3 is 1. The number of aryl methyl sites for hydroxylation is 1. The third-order valence-electron chi connectivity index (χ3n) is 4.35. The lowest BCUT2D eigenvalue weighted by molar-refractivity contribution is 0.0606. The van der Waals surface area contributed by atoms with Gasteiger partial charge in [-0.2, -0.15) is 5.26 Å². The van der Waals surface area contributed by atoms with E-state index in [1.54, 1.807) is 0 Å². The van der Waals surface area contributed by atoms with Crippen LogP contribution in [-0.4, -0.2) is 13.1 Å². The first kappa shape index (κ1) is 20.7. The van der Waals surface area contributed by atoms with Crippen molar-refractivity contribution in [2.45, 2.75) is 39.0 Å². The van der Waals surface area contributed by atoms with E-state index in [0.717, 1.165) is 37.7 Å². The molecule has 0 N–H and O–H groups in total. The van der Waals surface area contributed by atoms with Crippen LogP contribution in [0.25, 0.3) is 0 Å². The average Bonchev–Trinajstić information content (AvgIpc) is 3.37. The van der Waals surface area contributed by atoms with Crippen molar-refractivity contribution in [1.29, 1.82) is 5.26 Å². The van der Waals surface area contributed by atoms with Gasteiger partial charge in [0.1, 0.15) is 4.88 Å². The highest BCUT2D eigenvalue weighted by Gasteiger charge is 2.22. The molecule has 0 bridgehead atoms. The van der Waals surface area contributed by atoms with Crippen LogP contribution in [0.5, 0.6) is 0 Å². The molecule has 2 atom stereocenters. The van der Waals surface area contributed by atoms with Crippen molar-refractivity contribution in [3.8, 4) is 17.9 Å². The summed E-state index contributed by atoms with van der Waals surface area (Å²) in [6.07, 6.45) is 5.21. The second kappa shape index (κ2) is 11.2. The number of rotatable bonds is 3. The normalized spacial score (nSPS) is 17.7. The molecule has 1 aromatic heterocycles. The Labute approximate surface area is 166 Å². The number of hydrogen-bond acceptors (Lipinski definition) is 4. The highest BCUT2D eigenvalue weighted by atomic mass is 32.1. The maximum Gasteiger partial charge on any atom is 0.348 e. The molecule has 1 saturated carbocycles. The SMILES string of the molecule is CCCc1ccc(C(=O)OC)s1.N#CC1CCC(C#Cc2ccccc2)C1. The van der Waals surface area contributed by atoms with E-state index in [1.165, 1.54) is 23.3 Å². The third-order valence-corrected chi connectivity index (χ3v) is 5.48. The second-order valence-corrected chi connectivity index (χ2v) is 7.65. The fourth-order valence-electron chi connectivity index (χ4n) is 2.91. The second-order valence-electron chi connectivity index (χ2n) is 6.48. The number of esters is 1. The van der Waals surface area contributed by atoms with Crippen LogP contribution in [0.15, 0.2) is 42.5 Å². The standard InChI is InChI=1S/C14H13N.C9H12O2S/c15-11-14-9-8-13(10-14)7-6-12-4-2-1-3-5-12;1-3-4-7-5-6-8(12-7)9(10)11-2/h1-5,13-14H,8-10H2;5-6H,3-4H2,1-2H3. The molecule has 1 aromatic carbocycles. The molecule has 3 rings (SSSR count). The van der Waals surface area contributed by atoms with Gasteiger partial charge in [-0.1, -0.05) is 43.4 Å². The van der Waals surface area contributed by atoms with E-state index in [0.29, 0.717) is 10.8 Å². The Balaban J connectivity index is 0.000000199. The van der Waals surface area contributed by atoms with Crippen LogP contribution in [-0.2, 0) is 11.2 Å². The molecular weight excluding hydrogens is 354 g/mol. The molecule has 1 aliphatic carbocycles. The van der Waals surface area contributed by atoms with E-state index in [1.807, 2.05) is 42.5 Å². The summed E-state index contributed by atoms with van der Waals surface area (Å²) in [5, 5.41) is 8.77. The molecule has 1 aliphatic rings. The zero-order valence-electron chi connectivity index (χ0n) is 15.9. The van der Waals surface area contributed by atoms with Crippen LogP contribution >= 0.6 is 11.3 Å². The van der Waals surface area contributed by atoms with Gasteiger partial charge in [-0.25, -0.2) is 4.79 Å². The molecule has 3 nitrogen and oxygen atoms in total. The minimum absolute atomic E-state index is 0.234. The van der Waals surface area contributed by atoms with Gasteiger partial charge in [-0.05, 0) is 49.9 Å². The van der Waals surface area contributed by atoms with Crippen molar-refractivity contribution >= 4 is 17.3 Å². The number of carbonyl (C=O) groups excluding carboxylic acids is 1. The first-order chi connectivity index (χ1) is 13.2. The van der Waals surface area contributed by atoms with Gasteiger partial charge in [-0.3, -0.25) is 0 Å². The molecule has 0 saturated heterocycles. The van der Waals surface area contributed by atoms with E-state index >= 15 is 0 Å². The van der Waals surface area contributed by atoms with Crippen molar-refractivity contribution in [3.63, 3.8) is 0 Å². The summed E-state index contributed by atoms with van der Waals surface area (Å²) in [6, 6.07) is 16.2. The lowest BCUT2D eigenvalue weighted by Crippen LogP contribution is -1.96. The maximum absolute atomic E-state index is 11.0. The van der Waals surface area contributed by atoms with E-state index in [4.69, 9.17) is 5.26 Å². The topological polar surface area (TPSA) is 50.1 Å². The largest absolute Gasteiger partial charge is 0.465 e. The van der Waals surface area contributed by atoms with Crippen molar-refractivity contribution in [2.24, 2.45) is 11.8 Å². The quantitative estimate of drug-likeness (QED) is 0.525. The maximum atomic E-state index is 11.0. The summed E-state index contributed by atoms with van der Waals surface area (Å²) in [7, 11) is 1.40. The first-order valence-corrected chi connectivity index (χ1v) is 10.1. The third kappa shape index (κ3) is 6.93. The molecule has 2 aromatic rings. The van der Waals surface area contributed by atoms with Crippen molar-refractivity contribution in [1.82, 2.24) is 0 Å². The number of hydrogen-bond donors (Lipinski definition) is 0. The van der Waals surface area contributed by atoms with Gasteiger partial charge in [0, 0.05) is 22.3 Å². The molecule has 0 amide bonds. The minimum Gasteiger partial charge on any atom is -0.465 e. The summed E-state index contributed by atoms with van der Waals surface area (Å²) in [6.45, 7) is 2.12. The molecule has 1 heterocycles. The summed E-state index contributed by atoms with van der Waals surface area (Å²) < 4.78 is 4.60. The average molecular weight is 380 g/mol. The molecule has 1 fully saturated rings. The van der Waals surface area contributed by atoms with Gasteiger partial charge in [0.25, 0.3) is 0 Å². The monoisotopic (exact) mass is 379 g/mol. The number of carbonyl (C=O) groups is 1. The van der Waals surface area contributed by atoms with Crippen LogP contribution < -0.4 is 0 Å². The zero-order chi connectivity index (χ0) is 19.5. The fraction of sp³-hybridized carbons (Fsp3) is 0.391. The minimum atomic E-state index is -0.234. The number of ether oxygens (including phenoxy) is 1. The van der Waals surface area contributed by atoms with Crippen LogP contribution in [0.1, 0.15) is 52.7 Å². The molecule has 140 valence electrons. The number of benzene rings is 1. The van der Waals surface area contributed by atoms with Gasteiger partial charge in [0.2, 0.25) is 0 Å². The predicted octanol–water partition coefficient (Wildman–Crippen LogP) is 5.47. The van der Waals surface area contributed by atoms with E-state index in [-0.39, 0.29) is 11.9 Å². The molecule has 4 heteroatoms. The molecular formula is C23H25NO2S. The molecule has 0 radical (unpaired) electrons. The first-order valence-electron chi connectivity index (χ1n) is 9.29. The summed E-state index contributed by atoms with van der Waals surface area (Å²) in [5.74, 6) is 6.86. The van der Waals surface area contributed by atoms with Crippen LogP contribution in [0.3, 0.4) is 0 Å². The van der Waals surface area contributed by atoms with E-state index in [9.17, 15) is 4.79 Å². The lowest BCUT2D eigenvalue weighted by atomic mass is 10.1. The Hall–Kier alpha value is -2.56. The molecule has 27 heavy (non-hydrogen) atoms. The van der Waals surface area contributed by atoms with Crippen LogP contribution in [0, 0.1) is 35.0 Å². The lowest BCUT2D eigenvalue weighted by Gasteiger charge is -1.96. The number of nitriles is 1. The van der Waals surface area contributed by atoms with E-state index < -0.39 is 0 Å². The van der Waals surface area contributed by atoms with Gasteiger partial charge in [-0.15, -0.1) is 11.3 Å². The van der Waals surface area contributed by atoms with E-state index in [2.05, 4.69) is 29.6 Å². The summed E-state index contributed by atoms with van der Waals surface area (Å²) in [5.41, 5.74) is 1.07. The predicted molar refractivity (Wildman–Crippen MR) is 109 cm³/mol. The van der Waals surface area contributed by atoms with Gasteiger partial charge < -0.3 is 4.74 Å². The molecule has 2 unspecified atom stereocenters. The molecule has 0 spiro atoms. The van der Waals surface area contributed by atoms with Crippen LogP contribution in [0.2, 0.25) is 0 Å². The Morgan fingerprint density at radius 1 is 1.19 bits per heavy atom. The Kier molecular flexibility index (Phi) is 8.62. The number of thiophene rings is 1. The van der Waals surface area contributed by atoms with Crippen molar-refractivity contribution in [3.05, 3.63) is 57.8 Å².